The maximum atomic E-state index is 14.7. The number of nitrogens with one attached hydrogen (secondary N) is 1. The van der Waals surface area contributed by atoms with Crippen molar-refractivity contribution in [1.82, 2.24) is 9.62 Å². The van der Waals surface area contributed by atoms with Crippen LogP contribution in [-0.2, 0) is 22.7 Å². The molecule has 1 heterocycles. The molecule has 0 unspecified atom stereocenters. The molecule has 0 radical (unpaired) electrons. The SMILES string of the molecule is CS(=O)(=O)NC(=O)c1cc(C2CC2)c(OCC2CCN(Cc3ccc(C(F)(F)F)c(F)c3)CC2)cc1F. The van der Waals surface area contributed by atoms with Gasteiger partial charge in [-0.05, 0) is 79.9 Å². The zero-order valence-electron chi connectivity index (χ0n) is 20.1. The van der Waals surface area contributed by atoms with Crippen LogP contribution >= 0.6 is 0 Å². The molecule has 1 saturated carbocycles. The molecule has 2 aromatic rings. The number of likely N-dealkylation sites (tertiary alicyclic amines) is 1. The molecule has 1 N–H and O–H groups in total. The van der Waals surface area contributed by atoms with Crippen molar-refractivity contribution in [3.05, 3.63) is 64.2 Å². The fourth-order valence-corrected chi connectivity index (χ4v) is 4.92. The van der Waals surface area contributed by atoms with Crippen LogP contribution in [0.3, 0.4) is 0 Å². The van der Waals surface area contributed by atoms with Crippen molar-refractivity contribution in [2.75, 3.05) is 26.0 Å². The van der Waals surface area contributed by atoms with Crippen molar-refractivity contribution in [3.8, 4) is 5.75 Å². The molecular formula is C25H27F5N2O4S. The van der Waals surface area contributed by atoms with Gasteiger partial charge in [0.25, 0.3) is 5.91 Å². The highest BCUT2D eigenvalue weighted by molar-refractivity contribution is 7.89. The van der Waals surface area contributed by atoms with Crippen LogP contribution in [0.4, 0.5) is 22.0 Å². The van der Waals surface area contributed by atoms with Crippen molar-refractivity contribution in [1.29, 1.82) is 0 Å². The molecule has 2 aromatic carbocycles. The van der Waals surface area contributed by atoms with E-state index in [-0.39, 0.29) is 17.4 Å². The Bertz CT molecular complexity index is 1270. The van der Waals surface area contributed by atoms with Crippen LogP contribution in [-0.4, -0.2) is 45.2 Å². The van der Waals surface area contributed by atoms with E-state index in [0.717, 1.165) is 50.1 Å². The third-order valence-corrected chi connectivity index (χ3v) is 7.12. The van der Waals surface area contributed by atoms with Gasteiger partial charge in [0.15, 0.2) is 0 Å². The number of ether oxygens (including phenoxy) is 1. The lowest BCUT2D eigenvalue weighted by atomic mass is 9.97. The van der Waals surface area contributed by atoms with Gasteiger partial charge in [-0.1, -0.05) is 6.07 Å². The molecule has 1 aliphatic heterocycles. The summed E-state index contributed by atoms with van der Waals surface area (Å²) in [5, 5.41) is 0. The molecule has 12 heteroatoms. The molecule has 0 aromatic heterocycles. The molecule has 6 nitrogen and oxygen atoms in total. The third-order valence-electron chi connectivity index (χ3n) is 6.57. The summed E-state index contributed by atoms with van der Waals surface area (Å²) in [6.07, 6.45) is -0.726. The predicted molar refractivity (Wildman–Crippen MR) is 126 cm³/mol. The van der Waals surface area contributed by atoms with Gasteiger partial charge in [-0.25, -0.2) is 21.9 Å². The number of rotatable bonds is 8. The Morgan fingerprint density at radius 3 is 2.30 bits per heavy atom. The molecule has 4 rings (SSSR count). The highest BCUT2D eigenvalue weighted by atomic mass is 32.2. The molecule has 0 bridgehead atoms. The minimum atomic E-state index is -4.73. The highest BCUT2D eigenvalue weighted by Gasteiger charge is 2.34. The number of carbonyl (C=O) groups is 1. The van der Waals surface area contributed by atoms with Gasteiger partial charge >= 0.3 is 6.18 Å². The molecule has 1 aliphatic carbocycles. The van der Waals surface area contributed by atoms with Crippen molar-refractivity contribution in [2.24, 2.45) is 5.92 Å². The smallest absolute Gasteiger partial charge is 0.419 e. The summed E-state index contributed by atoms with van der Waals surface area (Å²) in [6, 6.07) is 5.45. The number of benzene rings is 2. The Hall–Kier alpha value is -2.73. The number of sulfonamides is 1. The molecular weight excluding hydrogens is 519 g/mol. The van der Waals surface area contributed by atoms with Crippen LogP contribution in [0.1, 0.15) is 58.6 Å². The van der Waals surface area contributed by atoms with Gasteiger partial charge in [-0.3, -0.25) is 9.69 Å². The summed E-state index contributed by atoms with van der Waals surface area (Å²) < 4.78 is 97.2. The Balaban J connectivity index is 1.33. The first-order chi connectivity index (χ1) is 17.3. The zero-order valence-corrected chi connectivity index (χ0v) is 20.9. The zero-order chi connectivity index (χ0) is 27.0. The number of alkyl halides is 3. The van der Waals surface area contributed by atoms with Crippen molar-refractivity contribution in [3.63, 3.8) is 0 Å². The van der Waals surface area contributed by atoms with Gasteiger partial charge in [-0.15, -0.1) is 0 Å². The van der Waals surface area contributed by atoms with Gasteiger partial charge in [0.1, 0.15) is 17.4 Å². The lowest BCUT2D eigenvalue weighted by Crippen LogP contribution is -2.35. The summed E-state index contributed by atoms with van der Waals surface area (Å²) in [7, 11) is -3.84. The molecule has 0 atom stereocenters. The van der Waals surface area contributed by atoms with Crippen LogP contribution in [0.5, 0.6) is 5.75 Å². The summed E-state index contributed by atoms with van der Waals surface area (Å²) in [6.45, 7) is 1.93. The maximum absolute atomic E-state index is 14.7. The van der Waals surface area contributed by atoms with Crippen molar-refractivity contribution >= 4 is 15.9 Å². The quantitative estimate of drug-likeness (QED) is 0.480. The predicted octanol–water partition coefficient (Wildman–Crippen LogP) is 4.84. The summed E-state index contributed by atoms with van der Waals surface area (Å²) in [5.74, 6) is -2.59. The molecule has 202 valence electrons. The summed E-state index contributed by atoms with van der Waals surface area (Å²) in [4.78, 5) is 14.2. The van der Waals surface area contributed by atoms with E-state index >= 15 is 0 Å². The van der Waals surface area contributed by atoms with E-state index in [1.807, 2.05) is 4.90 Å². The Morgan fingerprint density at radius 2 is 1.73 bits per heavy atom. The highest BCUT2D eigenvalue weighted by Crippen LogP contribution is 2.45. The van der Waals surface area contributed by atoms with E-state index in [1.54, 1.807) is 4.72 Å². The minimum absolute atomic E-state index is 0.117. The molecule has 2 fully saturated rings. The van der Waals surface area contributed by atoms with E-state index in [4.69, 9.17) is 4.74 Å². The second-order valence-corrected chi connectivity index (χ2v) is 11.4. The average molecular weight is 547 g/mol. The van der Waals surface area contributed by atoms with E-state index in [1.165, 1.54) is 12.1 Å². The fraction of sp³-hybridized carbons (Fsp3) is 0.480. The number of carbonyl (C=O) groups excluding carboxylic acids is 1. The lowest BCUT2D eigenvalue weighted by Gasteiger charge is -2.32. The number of amides is 1. The van der Waals surface area contributed by atoms with Crippen LogP contribution in [0.25, 0.3) is 0 Å². The van der Waals surface area contributed by atoms with Crippen molar-refractivity contribution in [2.45, 2.75) is 44.3 Å². The Kier molecular flexibility index (Phi) is 7.80. The van der Waals surface area contributed by atoms with Gasteiger partial charge in [-0.2, -0.15) is 13.2 Å². The lowest BCUT2D eigenvalue weighted by molar-refractivity contribution is -0.140. The van der Waals surface area contributed by atoms with Crippen LogP contribution in [0, 0.1) is 17.6 Å². The normalized spacial score (nSPS) is 17.6. The van der Waals surface area contributed by atoms with Crippen LogP contribution < -0.4 is 9.46 Å². The first kappa shape index (κ1) is 27.3. The van der Waals surface area contributed by atoms with E-state index in [2.05, 4.69) is 0 Å². The van der Waals surface area contributed by atoms with E-state index < -0.39 is 39.3 Å². The average Bonchev–Trinajstić information content (AvgIpc) is 3.62. The largest absolute Gasteiger partial charge is 0.493 e. The minimum Gasteiger partial charge on any atom is -0.493 e. The molecule has 2 aliphatic rings. The second kappa shape index (κ2) is 10.6. The molecule has 1 amide bonds. The number of hydrogen-bond donors (Lipinski definition) is 1. The fourth-order valence-electron chi connectivity index (χ4n) is 4.47. The maximum Gasteiger partial charge on any atom is 0.419 e. The first-order valence-electron chi connectivity index (χ1n) is 11.9. The van der Waals surface area contributed by atoms with Gasteiger partial charge in [0.05, 0.1) is 24.0 Å². The monoisotopic (exact) mass is 546 g/mol. The molecule has 0 spiro atoms. The van der Waals surface area contributed by atoms with Crippen LogP contribution in [0.15, 0.2) is 30.3 Å². The Labute approximate surface area is 211 Å². The number of nitrogens with zero attached hydrogens (tertiary/aromatic N) is 1. The summed E-state index contributed by atoms with van der Waals surface area (Å²) >= 11 is 0. The second-order valence-electron chi connectivity index (χ2n) is 9.69. The van der Waals surface area contributed by atoms with E-state index in [9.17, 15) is 35.2 Å². The van der Waals surface area contributed by atoms with Crippen molar-refractivity contribution < 1.29 is 39.9 Å². The third kappa shape index (κ3) is 7.19. The van der Waals surface area contributed by atoms with Gasteiger partial charge in [0.2, 0.25) is 10.0 Å². The standard InChI is InChI=1S/C25H27F5N2O4S/c1-37(34,35)31-24(33)19-11-18(17-3-4-17)23(12-21(19)26)36-14-15-6-8-32(9-7-15)13-16-2-5-20(22(27)10-16)25(28,29)30/h2,5,10-12,15,17H,3-4,6-9,13-14H2,1H3,(H,31,33). The van der Waals surface area contributed by atoms with Crippen LogP contribution in [0.2, 0.25) is 0 Å². The first-order valence-corrected chi connectivity index (χ1v) is 13.8. The molecule has 1 saturated heterocycles. The number of hydrogen-bond acceptors (Lipinski definition) is 5. The van der Waals surface area contributed by atoms with E-state index in [0.29, 0.717) is 43.1 Å². The topological polar surface area (TPSA) is 75.7 Å². The molecule has 37 heavy (non-hydrogen) atoms. The Morgan fingerprint density at radius 1 is 1.05 bits per heavy atom. The summed E-state index contributed by atoms with van der Waals surface area (Å²) in [5.41, 5.74) is -0.502. The van der Waals surface area contributed by atoms with Gasteiger partial charge < -0.3 is 4.74 Å². The van der Waals surface area contributed by atoms with Gasteiger partial charge in [0, 0.05) is 12.6 Å². The number of halogens is 5. The number of piperidine rings is 1.